The maximum Gasteiger partial charge on any atom is 0.254 e. The van der Waals surface area contributed by atoms with E-state index in [1.165, 1.54) is 28.8 Å². The third-order valence-corrected chi connectivity index (χ3v) is 6.54. The molecule has 0 atom stereocenters. The van der Waals surface area contributed by atoms with Crippen molar-refractivity contribution in [2.24, 2.45) is 0 Å². The van der Waals surface area contributed by atoms with Crippen molar-refractivity contribution in [2.45, 2.75) is 17.9 Å². The lowest BCUT2D eigenvalue weighted by atomic mass is 10.1. The molecule has 0 saturated heterocycles. The van der Waals surface area contributed by atoms with Crippen molar-refractivity contribution in [1.29, 1.82) is 0 Å². The van der Waals surface area contributed by atoms with Crippen LogP contribution in [0, 0.1) is 11.6 Å². The Morgan fingerprint density at radius 2 is 1.82 bits per heavy atom. The molecule has 0 bridgehead atoms. The molecule has 0 amide bonds. The molecule has 0 radical (unpaired) electrons. The molecule has 6 nitrogen and oxygen atoms in total. The Labute approximate surface area is 159 Å². The van der Waals surface area contributed by atoms with Crippen LogP contribution in [-0.2, 0) is 23.0 Å². The zero-order valence-corrected chi connectivity index (χ0v) is 15.3. The third kappa shape index (κ3) is 3.23. The molecule has 4 rings (SSSR count). The molecule has 9 heteroatoms. The zero-order valence-electron chi connectivity index (χ0n) is 14.5. The van der Waals surface area contributed by atoms with Crippen molar-refractivity contribution in [3.63, 3.8) is 0 Å². The van der Waals surface area contributed by atoms with Gasteiger partial charge in [-0.3, -0.25) is 4.79 Å². The molecule has 1 aliphatic rings. The van der Waals surface area contributed by atoms with Gasteiger partial charge in [-0.25, -0.2) is 22.2 Å². The fraction of sp³-hybridized carbons (Fsp3) is 0.158. The number of H-pyrrole nitrogens is 1. The average molecular weight is 403 g/mol. The normalized spacial score (nSPS) is 14.6. The SMILES string of the molecule is O=c1[nH]cnc2c1CCN(S(=O)(=O)c1cccc(-c3ccc(F)c(F)c3)c1)C2. The first-order valence-corrected chi connectivity index (χ1v) is 9.91. The lowest BCUT2D eigenvalue weighted by Crippen LogP contribution is -2.38. The summed E-state index contributed by atoms with van der Waals surface area (Å²) in [6.07, 6.45) is 1.52. The van der Waals surface area contributed by atoms with Gasteiger partial charge in [0.15, 0.2) is 11.6 Å². The summed E-state index contributed by atoms with van der Waals surface area (Å²) in [5, 5.41) is 0. The highest BCUT2D eigenvalue weighted by Crippen LogP contribution is 2.27. The van der Waals surface area contributed by atoms with Crippen molar-refractivity contribution in [3.8, 4) is 11.1 Å². The van der Waals surface area contributed by atoms with Gasteiger partial charge in [-0.1, -0.05) is 18.2 Å². The number of benzene rings is 2. The molecule has 2 heterocycles. The van der Waals surface area contributed by atoms with E-state index in [9.17, 15) is 22.0 Å². The van der Waals surface area contributed by atoms with E-state index in [0.717, 1.165) is 12.1 Å². The summed E-state index contributed by atoms with van der Waals surface area (Å²) in [7, 11) is -3.85. The molecule has 1 aromatic heterocycles. The number of aromatic amines is 1. The molecule has 0 saturated carbocycles. The Morgan fingerprint density at radius 1 is 1.04 bits per heavy atom. The van der Waals surface area contributed by atoms with Crippen molar-refractivity contribution < 1.29 is 17.2 Å². The molecule has 28 heavy (non-hydrogen) atoms. The minimum absolute atomic E-state index is 0.00299. The summed E-state index contributed by atoms with van der Waals surface area (Å²) in [5.41, 5.74) is 1.47. The average Bonchev–Trinajstić information content (AvgIpc) is 2.70. The van der Waals surface area contributed by atoms with Crippen molar-refractivity contribution in [3.05, 3.63) is 82.0 Å². The van der Waals surface area contributed by atoms with E-state index in [-0.39, 0.29) is 30.0 Å². The van der Waals surface area contributed by atoms with Crippen LogP contribution in [0.1, 0.15) is 11.3 Å². The maximum absolute atomic E-state index is 13.5. The molecular formula is C19H15F2N3O3S. The van der Waals surface area contributed by atoms with Gasteiger partial charge in [0, 0.05) is 12.1 Å². The molecule has 144 valence electrons. The highest BCUT2D eigenvalue weighted by Gasteiger charge is 2.30. The van der Waals surface area contributed by atoms with Gasteiger partial charge in [0.2, 0.25) is 10.0 Å². The first kappa shape index (κ1) is 18.5. The monoisotopic (exact) mass is 403 g/mol. The second-order valence-corrected chi connectivity index (χ2v) is 8.34. The van der Waals surface area contributed by atoms with Gasteiger partial charge >= 0.3 is 0 Å². The highest BCUT2D eigenvalue weighted by atomic mass is 32.2. The first-order valence-electron chi connectivity index (χ1n) is 8.47. The van der Waals surface area contributed by atoms with E-state index in [0.29, 0.717) is 22.4 Å². The predicted octanol–water partition coefficient (Wildman–Crippen LogP) is 2.46. The Kier molecular flexibility index (Phi) is 4.56. The van der Waals surface area contributed by atoms with E-state index in [1.54, 1.807) is 12.1 Å². The molecular weight excluding hydrogens is 388 g/mol. The number of fused-ring (bicyclic) bond motifs is 1. The van der Waals surface area contributed by atoms with Gasteiger partial charge in [-0.2, -0.15) is 4.31 Å². The fourth-order valence-corrected chi connectivity index (χ4v) is 4.66. The molecule has 0 unspecified atom stereocenters. The van der Waals surface area contributed by atoms with Crippen molar-refractivity contribution in [2.75, 3.05) is 6.54 Å². The van der Waals surface area contributed by atoms with Gasteiger partial charge in [0.25, 0.3) is 5.56 Å². The van der Waals surface area contributed by atoms with Crippen LogP contribution in [0.3, 0.4) is 0 Å². The molecule has 0 spiro atoms. The predicted molar refractivity (Wildman–Crippen MR) is 98.0 cm³/mol. The van der Waals surface area contributed by atoms with Crippen LogP contribution in [-0.4, -0.2) is 29.2 Å². The number of halogens is 2. The topological polar surface area (TPSA) is 83.1 Å². The summed E-state index contributed by atoms with van der Waals surface area (Å²) < 4.78 is 54.1. The largest absolute Gasteiger partial charge is 0.313 e. The Hall–Kier alpha value is -2.91. The number of nitrogens with zero attached hydrogens (tertiary/aromatic N) is 2. The standard InChI is InChI=1S/C19H15F2N3O3S/c20-16-5-4-13(9-17(16)21)12-2-1-3-14(8-12)28(26,27)24-7-6-15-18(10-24)22-11-23-19(15)25/h1-5,8-9,11H,6-7,10H2,(H,22,23,25). The van der Waals surface area contributed by atoms with E-state index >= 15 is 0 Å². The van der Waals surface area contributed by atoms with Gasteiger partial charge in [0.05, 0.1) is 23.5 Å². The Bertz CT molecular complexity index is 1230. The van der Waals surface area contributed by atoms with Crippen LogP contribution >= 0.6 is 0 Å². The quantitative estimate of drug-likeness (QED) is 0.728. The fourth-order valence-electron chi connectivity index (χ4n) is 3.21. The first-order chi connectivity index (χ1) is 13.4. The van der Waals surface area contributed by atoms with E-state index in [1.807, 2.05) is 0 Å². The summed E-state index contributed by atoms with van der Waals surface area (Å²) >= 11 is 0. The van der Waals surface area contributed by atoms with Crippen LogP contribution in [0.4, 0.5) is 8.78 Å². The Morgan fingerprint density at radius 3 is 2.61 bits per heavy atom. The van der Waals surface area contributed by atoms with E-state index in [2.05, 4.69) is 9.97 Å². The van der Waals surface area contributed by atoms with Gasteiger partial charge in [0.1, 0.15) is 0 Å². The molecule has 1 aliphatic heterocycles. The van der Waals surface area contributed by atoms with Crippen LogP contribution in [0.5, 0.6) is 0 Å². The highest BCUT2D eigenvalue weighted by molar-refractivity contribution is 7.89. The van der Waals surface area contributed by atoms with Crippen LogP contribution in [0.25, 0.3) is 11.1 Å². The molecule has 1 N–H and O–H groups in total. The molecule has 2 aromatic carbocycles. The Balaban J connectivity index is 1.69. The number of aromatic nitrogens is 2. The van der Waals surface area contributed by atoms with Gasteiger partial charge < -0.3 is 4.98 Å². The number of nitrogens with one attached hydrogen (secondary N) is 1. The lowest BCUT2D eigenvalue weighted by molar-refractivity contribution is 0.383. The van der Waals surface area contributed by atoms with E-state index in [4.69, 9.17) is 0 Å². The molecule has 0 fully saturated rings. The second-order valence-electron chi connectivity index (χ2n) is 6.40. The van der Waals surface area contributed by atoms with Crippen LogP contribution in [0.2, 0.25) is 0 Å². The minimum Gasteiger partial charge on any atom is -0.313 e. The second kappa shape index (κ2) is 6.92. The lowest BCUT2D eigenvalue weighted by Gasteiger charge is -2.26. The zero-order chi connectivity index (χ0) is 19.9. The smallest absolute Gasteiger partial charge is 0.254 e. The third-order valence-electron chi connectivity index (χ3n) is 4.70. The molecule has 3 aromatic rings. The number of sulfonamides is 1. The maximum atomic E-state index is 13.5. The van der Waals surface area contributed by atoms with Gasteiger partial charge in [-0.05, 0) is 41.8 Å². The minimum atomic E-state index is -3.85. The van der Waals surface area contributed by atoms with Gasteiger partial charge in [-0.15, -0.1) is 0 Å². The number of hydrogen-bond donors (Lipinski definition) is 1. The summed E-state index contributed by atoms with van der Waals surface area (Å²) in [6, 6.07) is 9.44. The summed E-state index contributed by atoms with van der Waals surface area (Å²) in [6.45, 7) is 0.149. The number of hydrogen-bond acceptors (Lipinski definition) is 4. The van der Waals surface area contributed by atoms with Crippen molar-refractivity contribution in [1.82, 2.24) is 14.3 Å². The summed E-state index contributed by atoms with van der Waals surface area (Å²) in [4.78, 5) is 18.4. The van der Waals surface area contributed by atoms with Crippen LogP contribution < -0.4 is 5.56 Å². The van der Waals surface area contributed by atoms with Crippen molar-refractivity contribution >= 4 is 10.0 Å². The van der Waals surface area contributed by atoms with Crippen LogP contribution in [0.15, 0.2) is 58.5 Å². The number of rotatable bonds is 3. The molecule has 0 aliphatic carbocycles. The van der Waals surface area contributed by atoms with E-state index < -0.39 is 21.7 Å². The summed E-state index contributed by atoms with van der Waals surface area (Å²) in [5.74, 6) is -1.98.